The van der Waals surface area contributed by atoms with Gasteiger partial charge in [0, 0.05) is 11.9 Å². The Morgan fingerprint density at radius 2 is 1.20 bits per heavy atom. The average molecular weight is 326 g/mol. The molecule has 0 N–H and O–H groups in total. The molecular weight excluding hydrogens is 289 g/mol. The van der Waals surface area contributed by atoms with Gasteiger partial charge in [0.05, 0.1) is 0 Å². The molecule has 0 saturated carbocycles. The number of nitrogens with zero attached hydrogens (tertiary/aromatic N) is 1. The maximum atomic E-state index is 5.79. The Morgan fingerprint density at radius 1 is 0.750 bits per heavy atom. The van der Waals surface area contributed by atoms with Gasteiger partial charge in [0.25, 0.3) is 0 Å². The molecule has 0 aromatic rings. The standard InChI is InChI=1S/C17H36ClN.ClH/c1-4-5-6-7-8-9-10-11-12-14-17(19(2)3)15-13-16-18;/h17H,4-16H2,1-3H3;1H. The van der Waals surface area contributed by atoms with E-state index in [-0.39, 0.29) is 12.4 Å². The SMILES string of the molecule is CCCCCCCCCCCC(CCCCl)N(C)C.Cl. The zero-order chi connectivity index (χ0) is 14.3. The molecule has 0 spiro atoms. The first-order valence-electron chi connectivity index (χ1n) is 8.44. The first kappa shape index (κ1) is 22.8. The minimum Gasteiger partial charge on any atom is -0.306 e. The molecule has 20 heavy (non-hydrogen) atoms. The summed E-state index contributed by atoms with van der Waals surface area (Å²) in [4.78, 5) is 2.37. The summed E-state index contributed by atoms with van der Waals surface area (Å²) in [5.74, 6) is 0.808. The van der Waals surface area contributed by atoms with E-state index in [0.29, 0.717) is 0 Å². The van der Waals surface area contributed by atoms with Crippen molar-refractivity contribution in [3.63, 3.8) is 0 Å². The molecular formula is C17H37Cl2N. The molecule has 0 saturated heterocycles. The Kier molecular flexibility index (Phi) is 20.1. The van der Waals surface area contributed by atoms with Gasteiger partial charge < -0.3 is 4.90 Å². The molecule has 1 unspecified atom stereocenters. The molecule has 124 valence electrons. The molecule has 0 rings (SSSR count). The van der Waals surface area contributed by atoms with Crippen molar-refractivity contribution in [1.82, 2.24) is 4.90 Å². The number of hydrogen-bond acceptors (Lipinski definition) is 1. The summed E-state index contributed by atoms with van der Waals surface area (Å²) in [6, 6.07) is 0.739. The highest BCUT2D eigenvalue weighted by Gasteiger charge is 2.09. The second kappa shape index (κ2) is 17.6. The smallest absolute Gasteiger partial charge is 0.0224 e. The minimum atomic E-state index is 0. The van der Waals surface area contributed by atoms with Gasteiger partial charge in [0.1, 0.15) is 0 Å². The third kappa shape index (κ3) is 14.9. The molecule has 1 nitrogen and oxygen atoms in total. The highest BCUT2D eigenvalue weighted by molar-refractivity contribution is 6.17. The van der Waals surface area contributed by atoms with Crippen molar-refractivity contribution in [3.05, 3.63) is 0 Å². The van der Waals surface area contributed by atoms with E-state index in [1.807, 2.05) is 0 Å². The van der Waals surface area contributed by atoms with Crippen LogP contribution in [0.1, 0.15) is 84.0 Å². The summed E-state index contributed by atoms with van der Waals surface area (Å²) in [7, 11) is 4.40. The summed E-state index contributed by atoms with van der Waals surface area (Å²) in [6.45, 7) is 2.28. The third-order valence-corrected chi connectivity index (χ3v) is 4.31. The summed E-state index contributed by atoms with van der Waals surface area (Å²) >= 11 is 5.79. The van der Waals surface area contributed by atoms with Gasteiger partial charge in [0.15, 0.2) is 0 Å². The quantitative estimate of drug-likeness (QED) is 0.268. The van der Waals surface area contributed by atoms with Gasteiger partial charge in [-0.2, -0.15) is 0 Å². The average Bonchev–Trinajstić information content (AvgIpc) is 2.39. The van der Waals surface area contributed by atoms with Crippen molar-refractivity contribution in [2.24, 2.45) is 0 Å². The number of hydrogen-bond donors (Lipinski definition) is 0. The van der Waals surface area contributed by atoms with Gasteiger partial charge in [-0.1, -0.05) is 64.7 Å². The van der Waals surface area contributed by atoms with Crippen LogP contribution in [0.3, 0.4) is 0 Å². The maximum absolute atomic E-state index is 5.79. The zero-order valence-corrected chi connectivity index (χ0v) is 15.6. The predicted octanol–water partition coefficient (Wildman–Crippen LogP) is 6.28. The summed E-state index contributed by atoms with van der Waals surface area (Å²) in [6.07, 6.45) is 16.6. The fraction of sp³-hybridized carbons (Fsp3) is 1.00. The second-order valence-electron chi connectivity index (χ2n) is 6.07. The van der Waals surface area contributed by atoms with Crippen LogP contribution in [-0.4, -0.2) is 30.9 Å². The Morgan fingerprint density at radius 3 is 1.65 bits per heavy atom. The van der Waals surface area contributed by atoms with Crippen LogP contribution in [0, 0.1) is 0 Å². The van der Waals surface area contributed by atoms with Crippen molar-refractivity contribution in [2.75, 3.05) is 20.0 Å². The monoisotopic (exact) mass is 325 g/mol. The van der Waals surface area contributed by atoms with E-state index >= 15 is 0 Å². The topological polar surface area (TPSA) is 3.24 Å². The molecule has 0 aliphatic carbocycles. The van der Waals surface area contributed by atoms with Gasteiger partial charge in [-0.3, -0.25) is 0 Å². The first-order chi connectivity index (χ1) is 9.22. The van der Waals surface area contributed by atoms with Gasteiger partial charge in [-0.05, 0) is 33.4 Å². The lowest BCUT2D eigenvalue weighted by Crippen LogP contribution is -2.27. The lowest BCUT2D eigenvalue weighted by atomic mass is 10.0. The third-order valence-electron chi connectivity index (χ3n) is 4.04. The first-order valence-corrected chi connectivity index (χ1v) is 8.98. The van der Waals surface area contributed by atoms with Crippen molar-refractivity contribution in [2.45, 2.75) is 90.0 Å². The molecule has 1 atom stereocenters. The van der Waals surface area contributed by atoms with Crippen LogP contribution < -0.4 is 0 Å². The molecule has 3 heteroatoms. The highest BCUT2D eigenvalue weighted by Crippen LogP contribution is 2.15. The van der Waals surface area contributed by atoms with Crippen LogP contribution in [-0.2, 0) is 0 Å². The molecule has 0 aromatic heterocycles. The summed E-state index contributed by atoms with van der Waals surface area (Å²) in [5, 5.41) is 0. The number of unbranched alkanes of at least 4 members (excludes halogenated alkanes) is 8. The normalized spacial score (nSPS) is 12.4. The predicted molar refractivity (Wildman–Crippen MR) is 96.5 cm³/mol. The van der Waals surface area contributed by atoms with Crippen molar-refractivity contribution in [1.29, 1.82) is 0 Å². The van der Waals surface area contributed by atoms with Crippen LogP contribution in [0.4, 0.5) is 0 Å². The van der Waals surface area contributed by atoms with Crippen LogP contribution in [0.2, 0.25) is 0 Å². The molecule has 0 bridgehead atoms. The number of alkyl halides is 1. The largest absolute Gasteiger partial charge is 0.306 e. The molecule has 0 amide bonds. The van der Waals surface area contributed by atoms with Gasteiger partial charge >= 0.3 is 0 Å². The van der Waals surface area contributed by atoms with E-state index in [9.17, 15) is 0 Å². The van der Waals surface area contributed by atoms with E-state index < -0.39 is 0 Å². The van der Waals surface area contributed by atoms with E-state index in [4.69, 9.17) is 11.6 Å². The number of rotatable bonds is 14. The van der Waals surface area contributed by atoms with Crippen LogP contribution in [0.5, 0.6) is 0 Å². The molecule has 0 aliphatic rings. The maximum Gasteiger partial charge on any atom is 0.0224 e. The molecule has 0 aromatic carbocycles. The highest BCUT2D eigenvalue weighted by atomic mass is 35.5. The van der Waals surface area contributed by atoms with Crippen molar-refractivity contribution in [3.8, 4) is 0 Å². The minimum absolute atomic E-state index is 0. The van der Waals surface area contributed by atoms with E-state index in [1.54, 1.807) is 0 Å². The van der Waals surface area contributed by atoms with Gasteiger partial charge in [0.2, 0.25) is 0 Å². The summed E-state index contributed by atoms with van der Waals surface area (Å²) in [5.41, 5.74) is 0. The second-order valence-corrected chi connectivity index (χ2v) is 6.44. The van der Waals surface area contributed by atoms with Crippen molar-refractivity contribution >= 4 is 24.0 Å². The van der Waals surface area contributed by atoms with Crippen molar-refractivity contribution < 1.29 is 0 Å². The molecule has 0 fully saturated rings. The Labute approximate surface area is 139 Å². The fourth-order valence-corrected chi connectivity index (χ4v) is 2.82. The zero-order valence-electron chi connectivity index (χ0n) is 14.0. The lowest BCUT2D eigenvalue weighted by molar-refractivity contribution is 0.256. The van der Waals surface area contributed by atoms with Gasteiger partial charge in [-0.25, -0.2) is 0 Å². The van der Waals surface area contributed by atoms with E-state index in [0.717, 1.165) is 18.3 Å². The molecule has 0 aliphatic heterocycles. The van der Waals surface area contributed by atoms with Crippen LogP contribution in [0.25, 0.3) is 0 Å². The Bertz CT molecular complexity index is 174. The fourth-order valence-electron chi connectivity index (χ4n) is 2.66. The lowest BCUT2D eigenvalue weighted by Gasteiger charge is -2.24. The van der Waals surface area contributed by atoms with E-state index in [2.05, 4.69) is 25.9 Å². The van der Waals surface area contributed by atoms with E-state index in [1.165, 1.54) is 70.6 Å². The number of halogens is 2. The Hall–Kier alpha value is 0.540. The Balaban J connectivity index is 0. The molecule has 0 radical (unpaired) electrons. The summed E-state index contributed by atoms with van der Waals surface area (Å²) < 4.78 is 0. The molecule has 0 heterocycles. The van der Waals surface area contributed by atoms with Crippen LogP contribution >= 0.6 is 24.0 Å². The van der Waals surface area contributed by atoms with Gasteiger partial charge in [-0.15, -0.1) is 24.0 Å². The van der Waals surface area contributed by atoms with Crippen LogP contribution in [0.15, 0.2) is 0 Å².